The molecule has 0 bridgehead atoms. The van der Waals surface area contributed by atoms with Crippen molar-refractivity contribution in [2.75, 3.05) is 5.75 Å². The van der Waals surface area contributed by atoms with E-state index in [1.165, 1.54) is 5.69 Å². The molecule has 0 spiro atoms. The van der Waals surface area contributed by atoms with Gasteiger partial charge < -0.3 is 0 Å². The second-order valence-electron chi connectivity index (χ2n) is 2.82. The fraction of sp³-hybridized carbons (Fsp3) is 0.444. The summed E-state index contributed by atoms with van der Waals surface area (Å²) in [6.45, 7) is 4.87. The van der Waals surface area contributed by atoms with Crippen molar-refractivity contribution in [3.8, 4) is 0 Å². The highest BCUT2D eigenvalue weighted by Gasteiger charge is 2.06. The number of aromatic nitrogens is 2. The third-order valence-corrected chi connectivity index (χ3v) is 3.20. The van der Waals surface area contributed by atoms with Crippen molar-refractivity contribution in [3.05, 3.63) is 28.0 Å². The summed E-state index contributed by atoms with van der Waals surface area (Å²) in [6, 6.07) is 0. The molecule has 0 amide bonds. The summed E-state index contributed by atoms with van der Waals surface area (Å²) >= 11 is 7.58. The minimum atomic E-state index is 0.778. The fourth-order valence-corrected chi connectivity index (χ4v) is 1.53. The van der Waals surface area contributed by atoms with Gasteiger partial charge in [0.05, 0.1) is 22.4 Å². The molecule has 0 saturated carbocycles. The van der Waals surface area contributed by atoms with Crippen LogP contribution in [0.15, 0.2) is 16.6 Å². The smallest absolute Gasteiger partial charge is 0.0738 e. The Hall–Kier alpha value is -0.220. The Morgan fingerprint density at radius 2 is 2.15 bits per heavy atom. The number of nitrogens with zero attached hydrogens (tertiary/aromatic N) is 2. The zero-order valence-corrected chi connectivity index (χ0v) is 10.3. The zero-order valence-electron chi connectivity index (χ0n) is 7.79. The number of allylic oxidation sites excluding steroid dienone is 1. The molecule has 4 heteroatoms. The molecular weight excluding hydrogens is 248 g/mol. The SMILES string of the molecule is Cc1nn(C/C=C/CS)c(C)c1Br. The van der Waals surface area contributed by atoms with Crippen molar-refractivity contribution in [1.82, 2.24) is 9.78 Å². The van der Waals surface area contributed by atoms with E-state index in [0.29, 0.717) is 0 Å². The van der Waals surface area contributed by atoms with Crippen molar-refractivity contribution >= 4 is 28.6 Å². The average molecular weight is 261 g/mol. The van der Waals surface area contributed by atoms with E-state index in [9.17, 15) is 0 Å². The summed E-state index contributed by atoms with van der Waals surface area (Å²) in [6.07, 6.45) is 4.09. The largest absolute Gasteiger partial charge is 0.265 e. The van der Waals surface area contributed by atoms with Crippen molar-refractivity contribution < 1.29 is 0 Å². The fourth-order valence-electron chi connectivity index (χ4n) is 1.10. The molecule has 1 heterocycles. The van der Waals surface area contributed by atoms with Crippen LogP contribution in [-0.2, 0) is 6.54 Å². The van der Waals surface area contributed by atoms with Gasteiger partial charge in [-0.1, -0.05) is 12.2 Å². The predicted octanol–water partition coefficient (Wildman–Crippen LogP) is 2.75. The van der Waals surface area contributed by atoms with Gasteiger partial charge in [0.15, 0.2) is 0 Å². The maximum Gasteiger partial charge on any atom is 0.0738 e. The lowest BCUT2D eigenvalue weighted by Crippen LogP contribution is -1.99. The van der Waals surface area contributed by atoms with Gasteiger partial charge in [-0.2, -0.15) is 17.7 Å². The Balaban J connectivity index is 2.78. The van der Waals surface area contributed by atoms with Gasteiger partial charge >= 0.3 is 0 Å². The molecule has 0 radical (unpaired) electrons. The lowest BCUT2D eigenvalue weighted by atomic mass is 10.4. The van der Waals surface area contributed by atoms with E-state index < -0.39 is 0 Å². The number of aryl methyl sites for hydroxylation is 1. The molecule has 0 aliphatic carbocycles. The van der Waals surface area contributed by atoms with E-state index in [1.807, 2.05) is 17.7 Å². The van der Waals surface area contributed by atoms with Crippen LogP contribution in [0.1, 0.15) is 11.4 Å². The van der Waals surface area contributed by atoms with E-state index in [1.54, 1.807) is 0 Å². The van der Waals surface area contributed by atoms with Crippen LogP contribution < -0.4 is 0 Å². The lowest BCUT2D eigenvalue weighted by Gasteiger charge is -1.98. The van der Waals surface area contributed by atoms with Gasteiger partial charge in [0.1, 0.15) is 0 Å². The Morgan fingerprint density at radius 1 is 1.46 bits per heavy atom. The second kappa shape index (κ2) is 4.86. The molecule has 72 valence electrons. The first-order chi connectivity index (χ1) is 6.16. The number of rotatable bonds is 3. The Labute approximate surface area is 92.6 Å². The molecule has 0 fully saturated rings. The predicted molar refractivity (Wildman–Crippen MR) is 62.4 cm³/mol. The first kappa shape index (κ1) is 10.9. The van der Waals surface area contributed by atoms with Crippen LogP contribution in [-0.4, -0.2) is 15.5 Å². The van der Waals surface area contributed by atoms with Crippen LogP contribution in [0.2, 0.25) is 0 Å². The zero-order chi connectivity index (χ0) is 9.84. The van der Waals surface area contributed by atoms with Crippen molar-refractivity contribution in [3.63, 3.8) is 0 Å². The summed E-state index contributed by atoms with van der Waals surface area (Å²) in [5, 5.41) is 4.38. The van der Waals surface area contributed by atoms with Crippen LogP contribution in [0.3, 0.4) is 0 Å². The van der Waals surface area contributed by atoms with Gasteiger partial charge in [-0.15, -0.1) is 0 Å². The van der Waals surface area contributed by atoms with Gasteiger partial charge in [-0.3, -0.25) is 4.68 Å². The molecule has 0 aliphatic rings. The molecular formula is C9H13BrN2S. The molecule has 0 aliphatic heterocycles. The number of hydrogen-bond donors (Lipinski definition) is 1. The van der Waals surface area contributed by atoms with E-state index >= 15 is 0 Å². The van der Waals surface area contributed by atoms with Crippen LogP contribution in [0.4, 0.5) is 0 Å². The third-order valence-electron chi connectivity index (χ3n) is 1.84. The average Bonchev–Trinajstić information content (AvgIpc) is 2.34. The van der Waals surface area contributed by atoms with Gasteiger partial charge in [0, 0.05) is 5.75 Å². The molecule has 0 saturated heterocycles. The van der Waals surface area contributed by atoms with E-state index in [-0.39, 0.29) is 0 Å². The highest BCUT2D eigenvalue weighted by Crippen LogP contribution is 2.19. The monoisotopic (exact) mass is 260 g/mol. The topological polar surface area (TPSA) is 17.8 Å². The summed E-state index contributed by atoms with van der Waals surface area (Å²) in [5.41, 5.74) is 2.21. The first-order valence-corrected chi connectivity index (χ1v) is 5.54. The Bertz CT molecular complexity index is 318. The summed E-state index contributed by atoms with van der Waals surface area (Å²) in [4.78, 5) is 0. The molecule has 0 atom stereocenters. The molecule has 1 rings (SSSR count). The van der Waals surface area contributed by atoms with E-state index in [4.69, 9.17) is 0 Å². The van der Waals surface area contributed by atoms with Gasteiger partial charge in [-0.25, -0.2) is 0 Å². The molecule has 13 heavy (non-hydrogen) atoms. The molecule has 0 N–H and O–H groups in total. The van der Waals surface area contributed by atoms with E-state index in [0.717, 1.165) is 22.5 Å². The van der Waals surface area contributed by atoms with Crippen molar-refractivity contribution in [2.24, 2.45) is 0 Å². The first-order valence-electron chi connectivity index (χ1n) is 4.12. The molecule has 2 nitrogen and oxygen atoms in total. The quantitative estimate of drug-likeness (QED) is 0.654. The molecule has 0 unspecified atom stereocenters. The van der Waals surface area contributed by atoms with Crippen LogP contribution in [0.25, 0.3) is 0 Å². The normalized spacial score (nSPS) is 11.4. The van der Waals surface area contributed by atoms with Crippen LogP contribution >= 0.6 is 28.6 Å². The second-order valence-corrected chi connectivity index (χ2v) is 3.98. The third kappa shape index (κ3) is 2.61. The van der Waals surface area contributed by atoms with Crippen molar-refractivity contribution in [2.45, 2.75) is 20.4 Å². The molecule has 0 aromatic carbocycles. The number of thiol groups is 1. The Morgan fingerprint density at radius 3 is 2.62 bits per heavy atom. The maximum absolute atomic E-state index is 4.38. The van der Waals surface area contributed by atoms with Crippen LogP contribution in [0.5, 0.6) is 0 Å². The highest BCUT2D eigenvalue weighted by molar-refractivity contribution is 9.10. The maximum atomic E-state index is 4.38. The summed E-state index contributed by atoms with van der Waals surface area (Å²) in [7, 11) is 0. The number of halogens is 1. The Kier molecular flexibility index (Phi) is 4.06. The summed E-state index contributed by atoms with van der Waals surface area (Å²) in [5.74, 6) is 0.778. The molecule has 1 aromatic heterocycles. The van der Waals surface area contributed by atoms with Crippen LogP contribution in [0, 0.1) is 13.8 Å². The minimum Gasteiger partial charge on any atom is -0.265 e. The number of hydrogen-bond acceptors (Lipinski definition) is 2. The van der Waals surface area contributed by atoms with Gasteiger partial charge in [-0.05, 0) is 29.8 Å². The standard InChI is InChI=1S/C9H13BrN2S/c1-7-9(10)8(2)12(11-7)5-3-4-6-13/h3-4,13H,5-6H2,1-2H3/b4-3+. The summed E-state index contributed by atoms with van der Waals surface area (Å²) < 4.78 is 3.08. The van der Waals surface area contributed by atoms with E-state index in [2.05, 4.69) is 46.7 Å². The van der Waals surface area contributed by atoms with Gasteiger partial charge in [0.25, 0.3) is 0 Å². The highest BCUT2D eigenvalue weighted by atomic mass is 79.9. The minimum absolute atomic E-state index is 0.778. The molecule has 1 aromatic rings. The van der Waals surface area contributed by atoms with Gasteiger partial charge in [0.2, 0.25) is 0 Å². The lowest BCUT2D eigenvalue weighted by molar-refractivity contribution is 0.671. The van der Waals surface area contributed by atoms with Crippen molar-refractivity contribution in [1.29, 1.82) is 0 Å².